The number of rotatable bonds is 7. The number of aromatic nitrogens is 4. The predicted molar refractivity (Wildman–Crippen MR) is 134 cm³/mol. The standard InChI is InChI=1S/C24H29N5O5S/c1-28-21-19(23(31)29(2)24(28)32)22(35-13-18(30)25-15-8-6-5-7-9-15)27-20(26-21)14-10-11-16(33-3)17(12-14)34-4/h10-12,15H,5-9,13H2,1-4H3,(H,25,30). The minimum absolute atomic E-state index is 0.0972. The summed E-state index contributed by atoms with van der Waals surface area (Å²) in [5, 5.41) is 3.63. The molecule has 35 heavy (non-hydrogen) atoms. The molecule has 11 heteroatoms. The van der Waals surface area contributed by atoms with Gasteiger partial charge in [-0.3, -0.25) is 18.7 Å². The number of methoxy groups -OCH3 is 2. The van der Waals surface area contributed by atoms with Crippen LogP contribution in [-0.4, -0.2) is 51.0 Å². The Labute approximate surface area is 206 Å². The summed E-state index contributed by atoms with van der Waals surface area (Å²) in [6.07, 6.45) is 5.41. The number of hydrogen-bond acceptors (Lipinski definition) is 8. The van der Waals surface area contributed by atoms with E-state index in [1.165, 1.54) is 25.1 Å². The van der Waals surface area contributed by atoms with Crippen molar-refractivity contribution in [2.45, 2.75) is 43.2 Å². The molecule has 10 nitrogen and oxygen atoms in total. The van der Waals surface area contributed by atoms with Crippen LogP contribution >= 0.6 is 11.8 Å². The third-order valence-electron chi connectivity index (χ3n) is 6.22. The van der Waals surface area contributed by atoms with Crippen molar-refractivity contribution in [1.29, 1.82) is 0 Å². The number of nitrogens with one attached hydrogen (secondary N) is 1. The molecular weight excluding hydrogens is 470 g/mol. The molecule has 1 aliphatic rings. The Hall–Kier alpha value is -3.34. The molecule has 0 radical (unpaired) electrons. The van der Waals surface area contributed by atoms with Gasteiger partial charge in [-0.05, 0) is 31.0 Å². The van der Waals surface area contributed by atoms with Gasteiger partial charge in [0.05, 0.1) is 20.0 Å². The van der Waals surface area contributed by atoms with Crippen molar-refractivity contribution < 1.29 is 14.3 Å². The summed E-state index contributed by atoms with van der Waals surface area (Å²) >= 11 is 1.16. The van der Waals surface area contributed by atoms with Gasteiger partial charge in [0, 0.05) is 25.7 Å². The van der Waals surface area contributed by atoms with Crippen LogP contribution in [0.3, 0.4) is 0 Å². The molecule has 1 aliphatic carbocycles. The van der Waals surface area contributed by atoms with Crippen molar-refractivity contribution in [3.63, 3.8) is 0 Å². The van der Waals surface area contributed by atoms with Gasteiger partial charge in [-0.25, -0.2) is 14.8 Å². The summed E-state index contributed by atoms with van der Waals surface area (Å²) in [4.78, 5) is 47.5. The minimum atomic E-state index is -0.503. The highest BCUT2D eigenvalue weighted by atomic mass is 32.2. The smallest absolute Gasteiger partial charge is 0.332 e. The number of carbonyl (C=O) groups excluding carboxylic acids is 1. The minimum Gasteiger partial charge on any atom is -0.493 e. The highest BCUT2D eigenvalue weighted by Crippen LogP contribution is 2.33. The summed E-state index contributed by atoms with van der Waals surface area (Å²) in [6, 6.07) is 5.42. The maximum Gasteiger partial charge on any atom is 0.332 e. The number of fused-ring (bicyclic) bond motifs is 1. The Bertz CT molecular complexity index is 1380. The summed E-state index contributed by atoms with van der Waals surface area (Å²) in [6.45, 7) is 0. The Morgan fingerprint density at radius 2 is 1.77 bits per heavy atom. The third kappa shape index (κ3) is 5.04. The van der Waals surface area contributed by atoms with Crippen molar-refractivity contribution in [1.82, 2.24) is 24.4 Å². The average molecular weight is 500 g/mol. The molecule has 0 atom stereocenters. The Kier molecular flexibility index (Phi) is 7.44. The number of carbonyl (C=O) groups is 1. The van der Waals surface area contributed by atoms with E-state index in [0.717, 1.165) is 42.0 Å². The molecule has 0 unspecified atom stereocenters. The van der Waals surface area contributed by atoms with Crippen LogP contribution in [0.2, 0.25) is 0 Å². The number of amides is 1. The lowest BCUT2D eigenvalue weighted by Gasteiger charge is -2.22. The summed E-state index contributed by atoms with van der Waals surface area (Å²) < 4.78 is 13.0. The van der Waals surface area contributed by atoms with Crippen LogP contribution in [0.25, 0.3) is 22.4 Å². The number of ether oxygens (including phenoxy) is 2. The second-order valence-electron chi connectivity index (χ2n) is 8.52. The lowest BCUT2D eigenvalue weighted by atomic mass is 9.95. The Morgan fingerprint density at radius 3 is 2.46 bits per heavy atom. The predicted octanol–water partition coefficient (Wildman–Crippen LogP) is 2.25. The molecule has 0 saturated heterocycles. The van der Waals surface area contributed by atoms with Crippen LogP contribution in [0.5, 0.6) is 11.5 Å². The van der Waals surface area contributed by atoms with Crippen LogP contribution in [0.1, 0.15) is 32.1 Å². The SMILES string of the molecule is COc1ccc(-c2nc(SCC(=O)NC3CCCCC3)c3c(=O)n(C)c(=O)n(C)c3n2)cc1OC. The number of thioether (sulfide) groups is 1. The highest BCUT2D eigenvalue weighted by Gasteiger charge is 2.21. The van der Waals surface area contributed by atoms with Crippen LogP contribution in [-0.2, 0) is 18.9 Å². The second-order valence-corrected chi connectivity index (χ2v) is 9.48. The van der Waals surface area contributed by atoms with E-state index < -0.39 is 11.2 Å². The lowest BCUT2D eigenvalue weighted by molar-refractivity contribution is -0.119. The molecule has 4 rings (SSSR count). The van der Waals surface area contributed by atoms with Crippen LogP contribution in [0, 0.1) is 0 Å². The molecule has 186 valence electrons. The van der Waals surface area contributed by atoms with Gasteiger partial charge in [0.1, 0.15) is 10.4 Å². The van der Waals surface area contributed by atoms with Gasteiger partial charge in [-0.15, -0.1) is 0 Å². The topological polar surface area (TPSA) is 117 Å². The van der Waals surface area contributed by atoms with Gasteiger partial charge < -0.3 is 14.8 Å². The first-order valence-electron chi connectivity index (χ1n) is 11.5. The molecule has 0 aliphatic heterocycles. The zero-order chi connectivity index (χ0) is 25.1. The quantitative estimate of drug-likeness (QED) is 0.389. The number of hydrogen-bond donors (Lipinski definition) is 1. The molecule has 1 fully saturated rings. The largest absolute Gasteiger partial charge is 0.493 e. The zero-order valence-electron chi connectivity index (χ0n) is 20.3. The molecule has 0 bridgehead atoms. The number of benzene rings is 1. The van der Waals surface area contributed by atoms with Crippen molar-refractivity contribution in [3.05, 3.63) is 39.0 Å². The summed E-state index contributed by atoms with van der Waals surface area (Å²) in [5.41, 5.74) is -0.179. The van der Waals surface area contributed by atoms with Crippen LogP contribution < -0.4 is 26.0 Å². The molecule has 2 heterocycles. The van der Waals surface area contributed by atoms with E-state index >= 15 is 0 Å². The Balaban J connectivity index is 1.76. The normalized spacial score (nSPS) is 14.2. The molecule has 3 aromatic rings. The van der Waals surface area contributed by atoms with E-state index in [9.17, 15) is 14.4 Å². The number of aryl methyl sites for hydroxylation is 1. The fourth-order valence-corrected chi connectivity index (χ4v) is 5.11. The van der Waals surface area contributed by atoms with Gasteiger partial charge in [-0.1, -0.05) is 31.0 Å². The second kappa shape index (κ2) is 10.5. The first-order valence-corrected chi connectivity index (χ1v) is 12.4. The first kappa shape index (κ1) is 24.8. The molecule has 1 N–H and O–H groups in total. The van der Waals surface area contributed by atoms with Crippen molar-refractivity contribution >= 4 is 28.7 Å². The van der Waals surface area contributed by atoms with E-state index in [1.54, 1.807) is 32.4 Å². The molecule has 1 saturated carbocycles. The van der Waals surface area contributed by atoms with Gasteiger partial charge in [0.15, 0.2) is 23.0 Å². The first-order chi connectivity index (χ1) is 16.8. The molecule has 2 aromatic heterocycles. The maximum atomic E-state index is 13.0. The van der Waals surface area contributed by atoms with E-state index in [0.29, 0.717) is 27.9 Å². The highest BCUT2D eigenvalue weighted by molar-refractivity contribution is 8.00. The molecule has 0 spiro atoms. The van der Waals surface area contributed by atoms with Gasteiger partial charge >= 0.3 is 5.69 Å². The zero-order valence-corrected chi connectivity index (χ0v) is 21.1. The molecule has 1 aromatic carbocycles. The number of nitrogens with zero attached hydrogens (tertiary/aromatic N) is 4. The van der Waals surface area contributed by atoms with E-state index in [2.05, 4.69) is 15.3 Å². The molecular formula is C24H29N5O5S. The van der Waals surface area contributed by atoms with Crippen LogP contribution in [0.15, 0.2) is 32.8 Å². The fourth-order valence-electron chi connectivity index (χ4n) is 4.29. The monoisotopic (exact) mass is 499 g/mol. The summed E-state index contributed by atoms with van der Waals surface area (Å²) in [7, 11) is 6.04. The average Bonchev–Trinajstić information content (AvgIpc) is 2.89. The Morgan fingerprint density at radius 1 is 1.06 bits per heavy atom. The van der Waals surface area contributed by atoms with E-state index in [4.69, 9.17) is 9.47 Å². The maximum absolute atomic E-state index is 13.0. The molecule has 1 amide bonds. The van der Waals surface area contributed by atoms with E-state index in [1.807, 2.05) is 0 Å². The van der Waals surface area contributed by atoms with Crippen molar-refractivity contribution in [3.8, 4) is 22.9 Å². The fraction of sp³-hybridized carbons (Fsp3) is 0.458. The van der Waals surface area contributed by atoms with Crippen molar-refractivity contribution in [2.24, 2.45) is 14.1 Å². The van der Waals surface area contributed by atoms with Gasteiger partial charge in [0.2, 0.25) is 5.91 Å². The van der Waals surface area contributed by atoms with Gasteiger partial charge in [0.25, 0.3) is 5.56 Å². The third-order valence-corrected chi connectivity index (χ3v) is 7.19. The van der Waals surface area contributed by atoms with E-state index in [-0.39, 0.29) is 28.7 Å². The lowest BCUT2D eigenvalue weighted by Crippen LogP contribution is -2.38. The summed E-state index contributed by atoms with van der Waals surface area (Å²) in [5.74, 6) is 1.33. The van der Waals surface area contributed by atoms with Gasteiger partial charge in [-0.2, -0.15) is 0 Å². The van der Waals surface area contributed by atoms with Crippen molar-refractivity contribution in [2.75, 3.05) is 20.0 Å². The van der Waals surface area contributed by atoms with Crippen LogP contribution in [0.4, 0.5) is 0 Å².